The summed E-state index contributed by atoms with van der Waals surface area (Å²) in [6.07, 6.45) is 3.04. The number of rotatable bonds is 11. The highest BCUT2D eigenvalue weighted by molar-refractivity contribution is 7.15. The van der Waals surface area contributed by atoms with Crippen LogP contribution in [0.4, 0.5) is 5.00 Å². The summed E-state index contributed by atoms with van der Waals surface area (Å²) in [6, 6.07) is 10.7. The minimum absolute atomic E-state index is 0.201. The molecule has 36 heavy (non-hydrogen) atoms. The summed E-state index contributed by atoms with van der Waals surface area (Å²) in [5, 5.41) is 4.98. The Hall–Kier alpha value is -3.98. The third-order valence-electron chi connectivity index (χ3n) is 5.12. The number of ether oxygens (including phenoxy) is 5. The van der Waals surface area contributed by atoms with Crippen LogP contribution in [0.15, 0.2) is 47.9 Å². The molecule has 190 valence electrons. The molecule has 1 amide bonds. The molecule has 0 saturated carbocycles. The van der Waals surface area contributed by atoms with Crippen LogP contribution >= 0.6 is 11.3 Å². The summed E-state index contributed by atoms with van der Waals surface area (Å²) in [6.45, 7) is 4.34. The Balaban J connectivity index is 1.88. The van der Waals surface area contributed by atoms with Crippen LogP contribution in [0.25, 0.3) is 17.2 Å². The van der Waals surface area contributed by atoms with Gasteiger partial charge in [-0.25, -0.2) is 4.79 Å². The minimum atomic E-state index is -0.529. The number of nitrogens with one attached hydrogen (secondary N) is 1. The van der Waals surface area contributed by atoms with Gasteiger partial charge < -0.3 is 29.0 Å². The Bertz CT molecular complexity index is 1250. The number of amides is 1. The SMILES string of the molecule is CCOC(=O)c1c(-c2ccc(OC)c(OC)c2)csc1NC(=O)/C=C/c1ccc(OCC)c(OC)c1. The molecule has 0 aliphatic heterocycles. The van der Waals surface area contributed by atoms with Crippen molar-refractivity contribution in [2.75, 3.05) is 39.9 Å². The van der Waals surface area contributed by atoms with Crippen LogP contribution in [-0.2, 0) is 9.53 Å². The standard InChI is InChI=1S/C27H29NO7S/c1-6-34-21-11-8-17(14-22(21)32-4)9-13-24(29)28-26-25(27(30)35-7-2)19(16-36-26)18-10-12-20(31-3)23(15-18)33-5/h8-16H,6-7H2,1-5H3,(H,28,29)/b13-9+. The number of carbonyl (C=O) groups excluding carboxylic acids is 2. The zero-order chi connectivity index (χ0) is 26.1. The van der Waals surface area contributed by atoms with Crippen molar-refractivity contribution in [2.45, 2.75) is 13.8 Å². The molecular weight excluding hydrogens is 482 g/mol. The fourth-order valence-electron chi connectivity index (χ4n) is 3.46. The third-order valence-corrected chi connectivity index (χ3v) is 6.01. The van der Waals surface area contributed by atoms with Gasteiger partial charge in [-0.05, 0) is 55.3 Å². The van der Waals surface area contributed by atoms with Crippen LogP contribution in [0.3, 0.4) is 0 Å². The van der Waals surface area contributed by atoms with Crippen LogP contribution in [0.5, 0.6) is 23.0 Å². The van der Waals surface area contributed by atoms with E-state index in [9.17, 15) is 9.59 Å². The van der Waals surface area contributed by atoms with Crippen molar-refractivity contribution in [3.05, 3.63) is 59.0 Å². The quantitative estimate of drug-likeness (QED) is 0.262. The lowest BCUT2D eigenvalue weighted by Crippen LogP contribution is -2.12. The maximum absolute atomic E-state index is 12.8. The number of hydrogen-bond acceptors (Lipinski definition) is 8. The first-order valence-corrected chi connectivity index (χ1v) is 12.1. The number of anilines is 1. The van der Waals surface area contributed by atoms with E-state index in [1.807, 2.05) is 19.1 Å². The molecule has 3 aromatic rings. The van der Waals surface area contributed by atoms with Crippen molar-refractivity contribution >= 4 is 34.3 Å². The van der Waals surface area contributed by atoms with Gasteiger partial charge in [0.2, 0.25) is 5.91 Å². The van der Waals surface area contributed by atoms with E-state index in [0.717, 1.165) is 11.1 Å². The maximum Gasteiger partial charge on any atom is 0.341 e. The molecule has 0 aliphatic carbocycles. The van der Waals surface area contributed by atoms with Gasteiger partial charge in [0.05, 0.1) is 34.5 Å². The highest BCUT2D eigenvalue weighted by atomic mass is 32.1. The highest BCUT2D eigenvalue weighted by Gasteiger charge is 2.23. The molecule has 2 aromatic carbocycles. The lowest BCUT2D eigenvalue weighted by atomic mass is 10.0. The van der Waals surface area contributed by atoms with E-state index in [1.54, 1.807) is 64.0 Å². The summed E-state index contributed by atoms with van der Waals surface area (Å²) >= 11 is 1.24. The molecule has 0 spiro atoms. The number of methoxy groups -OCH3 is 3. The molecule has 1 aromatic heterocycles. The Morgan fingerprint density at radius 1 is 0.889 bits per heavy atom. The molecule has 0 atom stereocenters. The Morgan fingerprint density at radius 3 is 2.25 bits per heavy atom. The summed E-state index contributed by atoms with van der Waals surface area (Å²) in [5.74, 6) is 1.37. The Kier molecular flexibility index (Phi) is 9.35. The third kappa shape index (κ3) is 6.17. The normalized spacial score (nSPS) is 10.7. The second-order valence-electron chi connectivity index (χ2n) is 7.31. The van der Waals surface area contributed by atoms with Gasteiger partial charge in [0.25, 0.3) is 0 Å². The number of thiophene rings is 1. The monoisotopic (exact) mass is 511 g/mol. The first-order chi connectivity index (χ1) is 17.4. The number of carbonyl (C=O) groups is 2. The number of hydrogen-bond donors (Lipinski definition) is 1. The molecule has 0 fully saturated rings. The lowest BCUT2D eigenvalue weighted by molar-refractivity contribution is -0.111. The molecule has 1 N–H and O–H groups in total. The average molecular weight is 512 g/mol. The van der Waals surface area contributed by atoms with Gasteiger partial charge in [0, 0.05) is 17.0 Å². The van der Waals surface area contributed by atoms with Crippen molar-refractivity contribution < 1.29 is 33.3 Å². The average Bonchev–Trinajstić information content (AvgIpc) is 3.31. The molecule has 0 radical (unpaired) electrons. The largest absolute Gasteiger partial charge is 0.493 e. The first-order valence-electron chi connectivity index (χ1n) is 11.3. The smallest absolute Gasteiger partial charge is 0.341 e. The fraction of sp³-hybridized carbons (Fsp3) is 0.259. The molecular formula is C27H29NO7S. The van der Waals surface area contributed by atoms with Crippen molar-refractivity contribution in [1.29, 1.82) is 0 Å². The Morgan fingerprint density at radius 2 is 1.58 bits per heavy atom. The van der Waals surface area contributed by atoms with Crippen LogP contribution in [0, 0.1) is 0 Å². The molecule has 0 bridgehead atoms. The predicted molar refractivity (Wildman–Crippen MR) is 141 cm³/mol. The van der Waals surface area contributed by atoms with Crippen LogP contribution in [0.1, 0.15) is 29.8 Å². The van der Waals surface area contributed by atoms with Crippen molar-refractivity contribution in [3.63, 3.8) is 0 Å². The number of benzene rings is 2. The lowest BCUT2D eigenvalue weighted by Gasteiger charge is -2.11. The van der Waals surface area contributed by atoms with E-state index in [4.69, 9.17) is 23.7 Å². The van der Waals surface area contributed by atoms with Gasteiger partial charge in [-0.15, -0.1) is 11.3 Å². The molecule has 8 nitrogen and oxygen atoms in total. The minimum Gasteiger partial charge on any atom is -0.493 e. The van der Waals surface area contributed by atoms with Gasteiger partial charge in [-0.1, -0.05) is 12.1 Å². The summed E-state index contributed by atoms with van der Waals surface area (Å²) in [4.78, 5) is 25.6. The van der Waals surface area contributed by atoms with Crippen molar-refractivity contribution in [2.24, 2.45) is 0 Å². The van der Waals surface area contributed by atoms with Crippen molar-refractivity contribution in [3.8, 4) is 34.1 Å². The summed E-state index contributed by atoms with van der Waals surface area (Å²) < 4.78 is 26.9. The van der Waals surface area contributed by atoms with Gasteiger partial charge in [-0.3, -0.25) is 4.79 Å². The van der Waals surface area contributed by atoms with E-state index in [-0.39, 0.29) is 12.2 Å². The van der Waals surface area contributed by atoms with E-state index >= 15 is 0 Å². The second-order valence-corrected chi connectivity index (χ2v) is 8.19. The summed E-state index contributed by atoms with van der Waals surface area (Å²) in [5.41, 5.74) is 2.38. The maximum atomic E-state index is 12.8. The van der Waals surface area contributed by atoms with Crippen molar-refractivity contribution in [1.82, 2.24) is 0 Å². The fourth-order valence-corrected chi connectivity index (χ4v) is 4.42. The highest BCUT2D eigenvalue weighted by Crippen LogP contribution is 2.39. The van der Waals surface area contributed by atoms with E-state index < -0.39 is 11.9 Å². The van der Waals surface area contributed by atoms with Gasteiger partial charge in [0.15, 0.2) is 23.0 Å². The van der Waals surface area contributed by atoms with Crippen LogP contribution in [0.2, 0.25) is 0 Å². The zero-order valence-corrected chi connectivity index (χ0v) is 21.7. The molecule has 0 aliphatic rings. The Labute approximate surface area is 214 Å². The molecule has 0 unspecified atom stereocenters. The van der Waals surface area contributed by atoms with Gasteiger partial charge in [-0.2, -0.15) is 0 Å². The van der Waals surface area contributed by atoms with E-state index in [0.29, 0.717) is 40.2 Å². The first kappa shape index (κ1) is 26.6. The van der Waals surface area contributed by atoms with Gasteiger partial charge in [0.1, 0.15) is 10.6 Å². The molecule has 0 saturated heterocycles. The molecule has 9 heteroatoms. The molecule has 1 heterocycles. The topological polar surface area (TPSA) is 92.3 Å². The van der Waals surface area contributed by atoms with E-state index in [1.165, 1.54) is 17.4 Å². The van der Waals surface area contributed by atoms with E-state index in [2.05, 4.69) is 5.32 Å². The molecule has 3 rings (SSSR count). The summed E-state index contributed by atoms with van der Waals surface area (Å²) in [7, 11) is 4.65. The second kappa shape index (κ2) is 12.6. The predicted octanol–water partition coefficient (Wildman–Crippen LogP) is 5.67. The van der Waals surface area contributed by atoms with Gasteiger partial charge >= 0.3 is 5.97 Å². The number of esters is 1. The van der Waals surface area contributed by atoms with Crippen LogP contribution in [-0.4, -0.2) is 46.4 Å². The zero-order valence-electron chi connectivity index (χ0n) is 20.9. The van der Waals surface area contributed by atoms with Crippen LogP contribution < -0.4 is 24.3 Å².